The molecule has 134 valence electrons. The monoisotopic (exact) mass is 346 g/mol. The van der Waals surface area contributed by atoms with Crippen molar-refractivity contribution in [2.45, 2.75) is 38.3 Å². The smallest absolute Gasteiger partial charge is 0.224 e. The third-order valence-electron chi connectivity index (χ3n) is 4.15. The Hall–Kier alpha value is -2.41. The summed E-state index contributed by atoms with van der Waals surface area (Å²) in [7, 11) is 0. The molecule has 6 nitrogen and oxygen atoms in total. The van der Waals surface area contributed by atoms with Crippen LogP contribution in [0.5, 0.6) is 0 Å². The number of aromatic nitrogens is 2. The van der Waals surface area contributed by atoms with Crippen LogP contribution < -0.4 is 10.6 Å². The maximum absolute atomic E-state index is 14.1. The van der Waals surface area contributed by atoms with Gasteiger partial charge in [0.1, 0.15) is 5.82 Å². The number of carbonyl (C=O) groups is 1. The van der Waals surface area contributed by atoms with Gasteiger partial charge in [0.15, 0.2) is 0 Å². The van der Waals surface area contributed by atoms with Gasteiger partial charge in [-0.25, -0.2) is 4.39 Å². The van der Waals surface area contributed by atoms with Crippen molar-refractivity contribution < 1.29 is 13.9 Å². The van der Waals surface area contributed by atoms with Crippen LogP contribution in [0.3, 0.4) is 0 Å². The Morgan fingerprint density at radius 3 is 3.08 bits per heavy atom. The van der Waals surface area contributed by atoms with Crippen molar-refractivity contribution in [2.24, 2.45) is 0 Å². The number of nitrogens with one attached hydrogen (secondary N) is 2. The van der Waals surface area contributed by atoms with Crippen molar-refractivity contribution in [2.75, 3.05) is 23.8 Å². The molecule has 2 N–H and O–H groups in total. The van der Waals surface area contributed by atoms with Crippen molar-refractivity contribution in [3.05, 3.63) is 42.5 Å². The van der Waals surface area contributed by atoms with Crippen LogP contribution in [0.4, 0.5) is 15.8 Å². The van der Waals surface area contributed by atoms with E-state index in [1.165, 1.54) is 6.07 Å². The third-order valence-corrected chi connectivity index (χ3v) is 4.15. The lowest BCUT2D eigenvalue weighted by molar-refractivity contribution is -0.116. The van der Waals surface area contributed by atoms with Crippen molar-refractivity contribution in [1.29, 1.82) is 0 Å². The number of amides is 1. The Kier molecular flexibility index (Phi) is 6.00. The van der Waals surface area contributed by atoms with E-state index < -0.39 is 0 Å². The highest BCUT2D eigenvalue weighted by Crippen LogP contribution is 2.20. The normalized spacial score (nSPS) is 16.8. The first-order valence-electron chi connectivity index (χ1n) is 8.63. The lowest BCUT2D eigenvalue weighted by Gasteiger charge is -2.13. The summed E-state index contributed by atoms with van der Waals surface area (Å²) in [5, 5.41) is 9.87. The zero-order chi connectivity index (χ0) is 17.5. The van der Waals surface area contributed by atoms with E-state index in [-0.39, 0.29) is 17.8 Å². The van der Waals surface area contributed by atoms with E-state index in [1.54, 1.807) is 23.0 Å². The minimum Gasteiger partial charge on any atom is -0.380 e. The van der Waals surface area contributed by atoms with Gasteiger partial charge in [-0.1, -0.05) is 0 Å². The van der Waals surface area contributed by atoms with E-state index in [0.717, 1.165) is 19.4 Å². The molecule has 2 heterocycles. The summed E-state index contributed by atoms with van der Waals surface area (Å²) in [6.07, 6.45) is 6.81. The zero-order valence-corrected chi connectivity index (χ0v) is 14.1. The Labute approximate surface area is 146 Å². The van der Waals surface area contributed by atoms with Gasteiger partial charge in [0, 0.05) is 44.2 Å². The van der Waals surface area contributed by atoms with Crippen LogP contribution in [0.1, 0.15) is 25.7 Å². The van der Waals surface area contributed by atoms with Gasteiger partial charge < -0.3 is 15.4 Å². The Balaban J connectivity index is 1.43. The van der Waals surface area contributed by atoms with Crippen LogP contribution in [0.15, 0.2) is 36.7 Å². The lowest BCUT2D eigenvalue weighted by atomic mass is 10.2. The summed E-state index contributed by atoms with van der Waals surface area (Å²) in [6.45, 7) is 2.05. The molecule has 0 radical (unpaired) electrons. The second-order valence-electron chi connectivity index (χ2n) is 6.13. The van der Waals surface area contributed by atoms with Crippen molar-refractivity contribution >= 4 is 17.3 Å². The number of ether oxygens (including phenoxy) is 1. The van der Waals surface area contributed by atoms with Crippen molar-refractivity contribution in [1.82, 2.24) is 9.78 Å². The van der Waals surface area contributed by atoms with E-state index in [9.17, 15) is 9.18 Å². The summed E-state index contributed by atoms with van der Waals surface area (Å²) in [5.74, 6) is -0.515. The van der Waals surface area contributed by atoms with Gasteiger partial charge in [-0.3, -0.25) is 9.48 Å². The summed E-state index contributed by atoms with van der Waals surface area (Å²) in [5.41, 5.74) is 0.886. The number of hydrogen-bond donors (Lipinski definition) is 2. The highest BCUT2D eigenvalue weighted by Gasteiger charge is 2.15. The molecule has 1 aliphatic rings. The number of rotatable bonds is 8. The van der Waals surface area contributed by atoms with Gasteiger partial charge in [0.25, 0.3) is 0 Å². The molecule has 1 amide bonds. The van der Waals surface area contributed by atoms with E-state index in [1.807, 2.05) is 12.3 Å². The number of nitrogens with zero attached hydrogens (tertiary/aromatic N) is 2. The predicted molar refractivity (Wildman–Crippen MR) is 94.0 cm³/mol. The number of benzene rings is 1. The topological polar surface area (TPSA) is 68.2 Å². The molecular weight excluding hydrogens is 323 g/mol. The molecule has 1 aliphatic heterocycles. The highest BCUT2D eigenvalue weighted by molar-refractivity contribution is 5.90. The molecule has 3 rings (SSSR count). The van der Waals surface area contributed by atoms with Crippen LogP contribution in [-0.4, -0.2) is 34.9 Å². The van der Waals surface area contributed by atoms with Crippen LogP contribution in [-0.2, 0) is 16.1 Å². The Bertz CT molecular complexity index is 684. The number of carbonyl (C=O) groups excluding carboxylic acids is 1. The van der Waals surface area contributed by atoms with E-state index >= 15 is 0 Å². The number of anilines is 2. The summed E-state index contributed by atoms with van der Waals surface area (Å²) in [4.78, 5) is 11.9. The number of halogens is 1. The molecule has 0 saturated carbocycles. The third kappa shape index (κ3) is 5.29. The second kappa shape index (κ2) is 8.62. The molecule has 0 aliphatic carbocycles. The summed E-state index contributed by atoms with van der Waals surface area (Å²) < 4.78 is 21.4. The van der Waals surface area contributed by atoms with Gasteiger partial charge in [-0.15, -0.1) is 0 Å². The SMILES string of the molecule is O=C(CCCn1cccn1)Nc1ccc(NC[C@H]2CCCO2)c(F)c1. The van der Waals surface area contributed by atoms with Crippen LogP contribution >= 0.6 is 0 Å². The Morgan fingerprint density at radius 2 is 2.36 bits per heavy atom. The van der Waals surface area contributed by atoms with Crippen LogP contribution in [0.25, 0.3) is 0 Å². The standard InChI is InChI=1S/C18H23FN4O2/c19-16-12-14(6-7-17(16)20-13-15-4-2-11-25-15)22-18(24)5-1-9-23-10-3-8-21-23/h3,6-8,10,12,15,20H,1-2,4-5,9,11,13H2,(H,22,24)/t15-/m1/s1. The predicted octanol–water partition coefficient (Wildman–Crippen LogP) is 3.03. The zero-order valence-electron chi connectivity index (χ0n) is 14.1. The van der Waals surface area contributed by atoms with Crippen molar-refractivity contribution in [3.63, 3.8) is 0 Å². The van der Waals surface area contributed by atoms with E-state index in [0.29, 0.717) is 37.3 Å². The lowest BCUT2D eigenvalue weighted by Crippen LogP contribution is -2.19. The Morgan fingerprint density at radius 1 is 1.44 bits per heavy atom. The molecule has 0 bridgehead atoms. The average Bonchev–Trinajstić information content (AvgIpc) is 3.27. The maximum Gasteiger partial charge on any atom is 0.224 e. The minimum atomic E-state index is -0.382. The largest absolute Gasteiger partial charge is 0.380 e. The van der Waals surface area contributed by atoms with Gasteiger partial charge in [-0.05, 0) is 43.5 Å². The molecule has 0 unspecified atom stereocenters. The molecular formula is C18H23FN4O2. The van der Waals surface area contributed by atoms with Gasteiger partial charge >= 0.3 is 0 Å². The summed E-state index contributed by atoms with van der Waals surface area (Å²) in [6, 6.07) is 6.52. The molecule has 7 heteroatoms. The molecule has 25 heavy (non-hydrogen) atoms. The molecule has 0 spiro atoms. The van der Waals surface area contributed by atoms with E-state index in [2.05, 4.69) is 15.7 Å². The molecule has 2 aromatic rings. The van der Waals surface area contributed by atoms with Crippen LogP contribution in [0, 0.1) is 5.82 Å². The fraction of sp³-hybridized carbons (Fsp3) is 0.444. The quantitative estimate of drug-likeness (QED) is 0.771. The first-order valence-corrected chi connectivity index (χ1v) is 8.63. The van der Waals surface area contributed by atoms with E-state index in [4.69, 9.17) is 4.74 Å². The first kappa shape index (κ1) is 17.4. The number of aryl methyl sites for hydroxylation is 1. The van der Waals surface area contributed by atoms with Gasteiger partial charge in [-0.2, -0.15) is 5.10 Å². The minimum absolute atomic E-state index is 0.133. The van der Waals surface area contributed by atoms with Crippen molar-refractivity contribution in [3.8, 4) is 0 Å². The van der Waals surface area contributed by atoms with Gasteiger partial charge in [0.2, 0.25) is 5.91 Å². The second-order valence-corrected chi connectivity index (χ2v) is 6.13. The summed E-state index contributed by atoms with van der Waals surface area (Å²) >= 11 is 0. The fourth-order valence-corrected chi connectivity index (χ4v) is 2.82. The molecule has 1 atom stereocenters. The molecule has 1 fully saturated rings. The average molecular weight is 346 g/mol. The van der Waals surface area contributed by atoms with Gasteiger partial charge in [0.05, 0.1) is 11.8 Å². The number of hydrogen-bond acceptors (Lipinski definition) is 4. The molecule has 1 aromatic carbocycles. The molecule has 1 aromatic heterocycles. The molecule has 1 saturated heterocycles. The van der Waals surface area contributed by atoms with Crippen LogP contribution in [0.2, 0.25) is 0 Å². The maximum atomic E-state index is 14.1. The fourth-order valence-electron chi connectivity index (χ4n) is 2.82. The highest BCUT2D eigenvalue weighted by atomic mass is 19.1. The first-order chi connectivity index (χ1) is 12.2.